The molecule has 60 valence electrons. The first-order chi connectivity index (χ1) is 5.77. The van der Waals surface area contributed by atoms with Crippen molar-refractivity contribution in [3.8, 4) is 11.3 Å². The molecule has 2 aliphatic heterocycles. The Balaban J connectivity index is 2.88. The predicted molar refractivity (Wildman–Crippen MR) is 41.0 cm³/mol. The van der Waals surface area contributed by atoms with Gasteiger partial charge in [0.1, 0.15) is 6.20 Å². The van der Waals surface area contributed by atoms with Crippen molar-refractivity contribution in [2.45, 2.75) is 0 Å². The minimum Gasteiger partial charge on any atom is -0.806 e. The van der Waals surface area contributed by atoms with Crippen LogP contribution in [0.2, 0.25) is 0 Å². The van der Waals surface area contributed by atoms with Gasteiger partial charge in [-0.25, -0.2) is 0 Å². The summed E-state index contributed by atoms with van der Waals surface area (Å²) in [5, 5.41) is 14.2. The third-order valence-corrected chi connectivity index (χ3v) is 1.58. The molecule has 0 amide bonds. The molecule has 0 N–H and O–H groups in total. The van der Waals surface area contributed by atoms with E-state index in [9.17, 15) is 10.1 Å². The third-order valence-electron chi connectivity index (χ3n) is 1.58. The van der Waals surface area contributed by atoms with E-state index in [0.29, 0.717) is 14.8 Å². The van der Waals surface area contributed by atoms with E-state index >= 15 is 0 Å². The highest BCUT2D eigenvalue weighted by atomic mass is 16.5. The molecule has 0 atom stereocenters. The summed E-state index contributed by atoms with van der Waals surface area (Å²) in [6, 6.07) is 3.24. The Bertz CT molecular complexity index is 437. The van der Waals surface area contributed by atoms with Gasteiger partial charge in [0.25, 0.3) is 0 Å². The van der Waals surface area contributed by atoms with Crippen LogP contribution in [0.25, 0.3) is 11.3 Å². The van der Waals surface area contributed by atoms with E-state index in [1.54, 1.807) is 12.1 Å². The Morgan fingerprint density at radius 2 is 2.33 bits per heavy atom. The van der Waals surface area contributed by atoms with Crippen LogP contribution in [-0.2, 0) is 0 Å². The Morgan fingerprint density at radius 1 is 1.50 bits per heavy atom. The molecular weight excluding hydrogens is 158 g/mol. The molecule has 2 rings (SSSR count). The van der Waals surface area contributed by atoms with Crippen molar-refractivity contribution in [1.29, 1.82) is 0 Å². The summed E-state index contributed by atoms with van der Waals surface area (Å²) >= 11 is 0. The van der Waals surface area contributed by atoms with Gasteiger partial charge in [-0.05, 0) is 18.3 Å². The van der Waals surface area contributed by atoms with Gasteiger partial charge < -0.3 is 9.94 Å². The van der Waals surface area contributed by atoms with Crippen molar-refractivity contribution in [3.05, 3.63) is 40.8 Å². The van der Waals surface area contributed by atoms with Crippen molar-refractivity contribution in [3.63, 3.8) is 0 Å². The van der Waals surface area contributed by atoms with Crippen LogP contribution >= 0.6 is 0 Å². The summed E-state index contributed by atoms with van der Waals surface area (Å²) in [5.41, 5.74) is 0.974. The largest absolute Gasteiger partial charge is 0.806 e. The summed E-state index contributed by atoms with van der Waals surface area (Å²) in [6.07, 6.45) is 3.92. The van der Waals surface area contributed by atoms with Gasteiger partial charge in [-0.15, -0.1) is 0 Å². The van der Waals surface area contributed by atoms with Gasteiger partial charge in [-0.2, -0.15) is 0 Å². The van der Waals surface area contributed by atoms with Crippen LogP contribution in [0.3, 0.4) is 0 Å². The van der Waals surface area contributed by atoms with Crippen molar-refractivity contribution < 1.29 is 4.54 Å². The fourth-order valence-electron chi connectivity index (χ4n) is 1.01. The standard InChI is InChI=1S/C7H5N3O2/c11-9-4-2-6-1-3-8-10(12)7(6)5-9/h1-5H. The minimum atomic E-state index is 0.273. The van der Waals surface area contributed by atoms with Gasteiger partial charge in [0, 0.05) is 5.10 Å². The van der Waals surface area contributed by atoms with E-state index in [1.165, 1.54) is 18.6 Å². The molecule has 0 radical (unpaired) electrons. The zero-order valence-electron chi connectivity index (χ0n) is 6.04. The molecular formula is C7H5N3O2. The minimum absolute atomic E-state index is 0.273. The number of nitrogens with zero attached hydrogens (tertiary/aromatic N) is 3. The van der Waals surface area contributed by atoms with Crippen LogP contribution in [0, 0.1) is 10.1 Å². The summed E-state index contributed by atoms with van der Waals surface area (Å²) in [5.74, 6) is 0. The normalized spacial score (nSPS) is 10.3. The topological polar surface area (TPSA) is 63.8 Å². The van der Waals surface area contributed by atoms with Crippen LogP contribution < -0.4 is 4.54 Å². The maximum atomic E-state index is 11.0. The summed E-state index contributed by atoms with van der Waals surface area (Å²) in [4.78, 5) is 11.0. The number of hydrogen-bond donors (Lipinski definition) is 0. The van der Waals surface area contributed by atoms with E-state index in [-0.39, 0.29) is 5.69 Å². The van der Waals surface area contributed by atoms with Crippen LogP contribution in [0.1, 0.15) is 0 Å². The lowest BCUT2D eigenvalue weighted by atomic mass is 10.2. The molecule has 0 unspecified atom stereocenters. The van der Waals surface area contributed by atoms with Crippen molar-refractivity contribution in [1.82, 2.24) is 9.83 Å². The molecule has 0 bridgehead atoms. The molecule has 0 aromatic heterocycles. The molecule has 2 heterocycles. The van der Waals surface area contributed by atoms with Gasteiger partial charge in [0.2, 0.25) is 0 Å². The third kappa shape index (κ3) is 0.914. The monoisotopic (exact) mass is 163 g/mol. The molecule has 0 spiro atoms. The predicted octanol–water partition coefficient (Wildman–Crippen LogP) is 0.248. The maximum absolute atomic E-state index is 11.0. The van der Waals surface area contributed by atoms with Crippen molar-refractivity contribution >= 4 is 0 Å². The first-order valence-electron chi connectivity index (χ1n) is 3.35. The summed E-state index contributed by atoms with van der Waals surface area (Å²) in [7, 11) is 0. The Hall–Kier alpha value is -1.91. The molecule has 5 nitrogen and oxygen atoms in total. The quantitative estimate of drug-likeness (QED) is 0.523. The lowest BCUT2D eigenvalue weighted by Gasteiger charge is -2.08. The molecule has 0 saturated carbocycles. The summed E-state index contributed by atoms with van der Waals surface area (Å²) in [6.45, 7) is 0. The van der Waals surface area contributed by atoms with E-state index in [4.69, 9.17) is 0 Å². The van der Waals surface area contributed by atoms with Gasteiger partial charge in [0.05, 0.1) is 16.7 Å². The van der Waals surface area contributed by atoms with E-state index in [1.807, 2.05) is 0 Å². The first-order valence-corrected chi connectivity index (χ1v) is 3.35. The molecule has 2 aliphatic rings. The number of rotatable bonds is 0. The van der Waals surface area contributed by atoms with Gasteiger partial charge in [0.15, 0.2) is 4.54 Å². The highest BCUT2D eigenvalue weighted by Gasteiger charge is 2.13. The maximum Gasteiger partial charge on any atom is 0.317 e. The van der Waals surface area contributed by atoms with Crippen molar-refractivity contribution in [2.24, 2.45) is 0 Å². The second-order valence-corrected chi connectivity index (χ2v) is 2.35. The molecule has 0 aliphatic carbocycles. The fourth-order valence-corrected chi connectivity index (χ4v) is 1.01. The number of aromatic nitrogens is 3. The molecule has 0 aromatic rings. The van der Waals surface area contributed by atoms with Crippen molar-refractivity contribution in [2.75, 3.05) is 0 Å². The number of fused-ring (bicyclic) bond motifs is 1. The highest BCUT2D eigenvalue weighted by molar-refractivity contribution is 5.54. The Morgan fingerprint density at radius 3 is 3.17 bits per heavy atom. The first kappa shape index (κ1) is 6.78. The SMILES string of the molecule is O=[n+]1nccc2ccn([O-])cc1-2. The van der Waals surface area contributed by atoms with Gasteiger partial charge in [-0.3, -0.25) is 0 Å². The average Bonchev–Trinajstić information content (AvgIpc) is 2.07. The Kier molecular flexibility index (Phi) is 1.30. The molecule has 12 heavy (non-hydrogen) atoms. The fraction of sp³-hybridized carbons (Fsp3) is 0. The number of hydrogen-bond acceptors (Lipinski definition) is 3. The van der Waals surface area contributed by atoms with E-state index in [2.05, 4.69) is 5.10 Å². The van der Waals surface area contributed by atoms with Crippen LogP contribution in [0.5, 0.6) is 0 Å². The van der Waals surface area contributed by atoms with Crippen LogP contribution in [-0.4, -0.2) is 9.83 Å². The summed E-state index contributed by atoms with van der Waals surface area (Å²) < 4.78 is 0.988. The van der Waals surface area contributed by atoms with Crippen LogP contribution in [0.15, 0.2) is 30.7 Å². The van der Waals surface area contributed by atoms with E-state index < -0.39 is 0 Å². The molecule has 0 aromatic carbocycles. The Labute approximate surface area is 67.4 Å². The number of pyridine rings is 1. The average molecular weight is 163 g/mol. The highest BCUT2D eigenvalue weighted by Crippen LogP contribution is 2.12. The van der Waals surface area contributed by atoms with Crippen LogP contribution in [0.4, 0.5) is 0 Å². The lowest BCUT2D eigenvalue weighted by Crippen LogP contribution is -2.23. The van der Waals surface area contributed by atoms with Gasteiger partial charge in [-0.1, -0.05) is 0 Å². The lowest BCUT2D eigenvalue weighted by molar-refractivity contribution is -0.553. The second kappa shape index (κ2) is 2.30. The molecule has 5 heteroatoms. The van der Waals surface area contributed by atoms with Gasteiger partial charge >= 0.3 is 5.69 Å². The second-order valence-electron chi connectivity index (χ2n) is 2.35. The zero-order chi connectivity index (χ0) is 8.55. The zero-order valence-corrected chi connectivity index (χ0v) is 6.04. The molecule has 0 fully saturated rings. The molecule has 0 saturated heterocycles. The smallest absolute Gasteiger partial charge is 0.317 e. The van der Waals surface area contributed by atoms with E-state index in [0.717, 1.165) is 0 Å².